The van der Waals surface area contributed by atoms with Crippen molar-refractivity contribution in [1.29, 1.82) is 0 Å². The van der Waals surface area contributed by atoms with Crippen molar-refractivity contribution in [2.24, 2.45) is 0 Å². The van der Waals surface area contributed by atoms with E-state index in [0.717, 1.165) is 50.1 Å². The fourth-order valence-electron chi connectivity index (χ4n) is 2.82. The lowest BCUT2D eigenvalue weighted by atomic mass is 9.98. The number of ether oxygens (including phenoxy) is 2. The van der Waals surface area contributed by atoms with Crippen molar-refractivity contribution in [2.75, 3.05) is 20.3 Å². The number of methoxy groups -OCH3 is 1. The van der Waals surface area contributed by atoms with Crippen LogP contribution in [0, 0.1) is 5.82 Å². The van der Waals surface area contributed by atoms with Gasteiger partial charge in [0.25, 0.3) is 0 Å². The molecule has 3 nitrogen and oxygen atoms in total. The average Bonchev–Trinajstić information content (AvgIpc) is 2.96. The predicted molar refractivity (Wildman–Crippen MR) is 77.6 cm³/mol. The Balaban J connectivity index is 2.07. The monoisotopic (exact) mass is 281 g/mol. The van der Waals surface area contributed by atoms with Crippen LogP contribution in [-0.2, 0) is 4.74 Å². The van der Waals surface area contributed by atoms with Gasteiger partial charge in [-0.15, -0.1) is 0 Å². The molecule has 2 rings (SSSR count). The lowest BCUT2D eigenvalue weighted by Gasteiger charge is -2.22. The molecular formula is C16H24FNO2. The van der Waals surface area contributed by atoms with Gasteiger partial charge in [-0.2, -0.15) is 0 Å². The van der Waals surface area contributed by atoms with Gasteiger partial charge in [0.05, 0.1) is 13.2 Å². The number of hydrogen-bond donors (Lipinski definition) is 1. The minimum atomic E-state index is -0.221. The first kappa shape index (κ1) is 15.3. The fraction of sp³-hybridized carbons (Fsp3) is 0.625. The van der Waals surface area contributed by atoms with Crippen molar-refractivity contribution >= 4 is 0 Å². The first-order valence-electron chi connectivity index (χ1n) is 7.43. The van der Waals surface area contributed by atoms with E-state index in [1.165, 1.54) is 6.07 Å². The van der Waals surface area contributed by atoms with E-state index >= 15 is 0 Å². The van der Waals surface area contributed by atoms with Gasteiger partial charge in [-0.3, -0.25) is 0 Å². The minimum absolute atomic E-state index is 0.106. The second-order valence-corrected chi connectivity index (χ2v) is 5.21. The number of benzene rings is 1. The van der Waals surface area contributed by atoms with Crippen LogP contribution in [-0.4, -0.2) is 26.4 Å². The molecule has 1 saturated heterocycles. The normalized spacial score (nSPS) is 20.1. The quantitative estimate of drug-likeness (QED) is 0.830. The number of halogens is 1. The summed E-state index contributed by atoms with van der Waals surface area (Å²) in [5.41, 5.74) is 0.896. The maximum Gasteiger partial charge on any atom is 0.123 e. The summed E-state index contributed by atoms with van der Waals surface area (Å²) in [5, 5.41) is 3.42. The van der Waals surface area contributed by atoms with Crippen molar-refractivity contribution in [3.05, 3.63) is 29.6 Å². The Morgan fingerprint density at radius 1 is 1.50 bits per heavy atom. The van der Waals surface area contributed by atoms with E-state index in [1.54, 1.807) is 19.2 Å². The summed E-state index contributed by atoms with van der Waals surface area (Å²) in [6, 6.07) is 4.81. The Hall–Kier alpha value is -1.13. The molecule has 1 aromatic carbocycles. The molecule has 0 bridgehead atoms. The summed E-state index contributed by atoms with van der Waals surface area (Å²) in [5.74, 6) is 0.519. The second-order valence-electron chi connectivity index (χ2n) is 5.21. The molecule has 1 aliphatic rings. The molecule has 20 heavy (non-hydrogen) atoms. The van der Waals surface area contributed by atoms with Gasteiger partial charge >= 0.3 is 0 Å². The van der Waals surface area contributed by atoms with E-state index < -0.39 is 0 Å². The molecule has 2 atom stereocenters. The number of rotatable bonds is 7. The molecule has 0 spiro atoms. The maximum absolute atomic E-state index is 13.5. The number of hydrogen-bond acceptors (Lipinski definition) is 3. The molecule has 0 saturated carbocycles. The summed E-state index contributed by atoms with van der Waals surface area (Å²) in [4.78, 5) is 0. The lowest BCUT2D eigenvalue weighted by molar-refractivity contribution is 0.0995. The topological polar surface area (TPSA) is 30.5 Å². The lowest BCUT2D eigenvalue weighted by Crippen LogP contribution is -2.23. The highest BCUT2D eigenvalue weighted by Gasteiger charge is 2.20. The average molecular weight is 281 g/mol. The molecule has 0 amide bonds. The van der Waals surface area contributed by atoms with Crippen LogP contribution in [0.5, 0.6) is 5.75 Å². The van der Waals surface area contributed by atoms with Gasteiger partial charge in [-0.25, -0.2) is 4.39 Å². The van der Waals surface area contributed by atoms with E-state index in [1.807, 2.05) is 0 Å². The van der Waals surface area contributed by atoms with Crippen LogP contribution < -0.4 is 10.1 Å². The van der Waals surface area contributed by atoms with E-state index in [2.05, 4.69) is 12.2 Å². The van der Waals surface area contributed by atoms with Gasteiger partial charge in [0.1, 0.15) is 11.6 Å². The molecule has 0 radical (unpaired) electrons. The van der Waals surface area contributed by atoms with Crippen LogP contribution >= 0.6 is 0 Å². The van der Waals surface area contributed by atoms with Crippen molar-refractivity contribution in [3.63, 3.8) is 0 Å². The zero-order valence-corrected chi connectivity index (χ0v) is 12.3. The molecule has 1 aliphatic heterocycles. The summed E-state index contributed by atoms with van der Waals surface area (Å²) in [7, 11) is 1.62. The van der Waals surface area contributed by atoms with Crippen molar-refractivity contribution in [3.8, 4) is 5.75 Å². The predicted octanol–water partition coefficient (Wildman–Crippen LogP) is 3.44. The highest BCUT2D eigenvalue weighted by molar-refractivity contribution is 5.36. The van der Waals surface area contributed by atoms with Gasteiger partial charge < -0.3 is 14.8 Å². The standard InChI is InChI=1S/C16H24FNO2/c1-3-18-15(8-7-13-5-4-10-20-13)14-11-12(17)6-9-16(14)19-2/h6,9,11,13,15,18H,3-5,7-8,10H2,1-2H3. The molecule has 1 aromatic rings. The first-order chi connectivity index (χ1) is 9.74. The second kappa shape index (κ2) is 7.60. The Morgan fingerprint density at radius 2 is 2.35 bits per heavy atom. The first-order valence-corrected chi connectivity index (χ1v) is 7.43. The van der Waals surface area contributed by atoms with Gasteiger partial charge in [0.15, 0.2) is 0 Å². The van der Waals surface area contributed by atoms with Gasteiger partial charge in [0, 0.05) is 18.2 Å². The zero-order chi connectivity index (χ0) is 14.4. The summed E-state index contributed by atoms with van der Waals surface area (Å²) in [6.07, 6.45) is 4.57. The highest BCUT2D eigenvalue weighted by atomic mass is 19.1. The van der Waals surface area contributed by atoms with E-state index in [0.29, 0.717) is 6.10 Å². The number of nitrogens with one attached hydrogen (secondary N) is 1. The molecule has 1 heterocycles. The van der Waals surface area contributed by atoms with Crippen LogP contribution in [0.15, 0.2) is 18.2 Å². The van der Waals surface area contributed by atoms with Crippen LogP contribution in [0.4, 0.5) is 4.39 Å². The molecule has 2 unspecified atom stereocenters. The smallest absolute Gasteiger partial charge is 0.123 e. The molecule has 0 aromatic heterocycles. The van der Waals surface area contributed by atoms with E-state index in [4.69, 9.17) is 9.47 Å². The Labute approximate surface area is 120 Å². The molecule has 0 aliphatic carbocycles. The fourth-order valence-corrected chi connectivity index (χ4v) is 2.82. The van der Waals surface area contributed by atoms with Crippen LogP contribution in [0.1, 0.15) is 44.2 Å². The third-order valence-corrected chi connectivity index (χ3v) is 3.82. The molecule has 4 heteroatoms. The largest absolute Gasteiger partial charge is 0.496 e. The summed E-state index contributed by atoms with van der Waals surface area (Å²) >= 11 is 0. The SMILES string of the molecule is CCNC(CCC1CCCO1)c1cc(F)ccc1OC. The minimum Gasteiger partial charge on any atom is -0.496 e. The van der Waals surface area contributed by atoms with Crippen LogP contribution in [0.3, 0.4) is 0 Å². The van der Waals surface area contributed by atoms with Crippen LogP contribution in [0.25, 0.3) is 0 Å². The van der Waals surface area contributed by atoms with Gasteiger partial charge in [0.2, 0.25) is 0 Å². The molecule has 1 fully saturated rings. The molecule has 112 valence electrons. The maximum atomic E-state index is 13.5. The third-order valence-electron chi connectivity index (χ3n) is 3.82. The highest BCUT2D eigenvalue weighted by Crippen LogP contribution is 2.30. The van der Waals surface area contributed by atoms with Crippen LogP contribution in [0.2, 0.25) is 0 Å². The van der Waals surface area contributed by atoms with E-state index in [-0.39, 0.29) is 11.9 Å². The third kappa shape index (κ3) is 3.93. The summed E-state index contributed by atoms with van der Waals surface area (Å²) in [6.45, 7) is 3.78. The van der Waals surface area contributed by atoms with Crippen molar-refractivity contribution in [2.45, 2.75) is 44.8 Å². The van der Waals surface area contributed by atoms with E-state index in [9.17, 15) is 4.39 Å². The van der Waals surface area contributed by atoms with Gasteiger partial charge in [-0.05, 0) is 50.4 Å². The molecule has 1 N–H and O–H groups in total. The van der Waals surface area contributed by atoms with Crippen molar-refractivity contribution < 1.29 is 13.9 Å². The van der Waals surface area contributed by atoms with Crippen molar-refractivity contribution in [1.82, 2.24) is 5.32 Å². The van der Waals surface area contributed by atoms with Gasteiger partial charge in [-0.1, -0.05) is 6.92 Å². The Morgan fingerprint density at radius 3 is 3.00 bits per heavy atom. The Kier molecular flexibility index (Phi) is 5.80. The molecular weight excluding hydrogens is 257 g/mol. The zero-order valence-electron chi connectivity index (χ0n) is 12.3. The summed E-state index contributed by atoms with van der Waals surface area (Å²) < 4.78 is 24.5. The Bertz CT molecular complexity index is 419.